The van der Waals surface area contributed by atoms with E-state index in [1.165, 1.54) is 109 Å². The van der Waals surface area contributed by atoms with Crippen LogP contribution in [0.5, 0.6) is 0 Å². The lowest BCUT2D eigenvalue weighted by molar-refractivity contribution is 0.116. The molecule has 0 aromatic carbocycles. The summed E-state index contributed by atoms with van der Waals surface area (Å²) in [6, 6.07) is 2.77. The van der Waals surface area contributed by atoms with Crippen LogP contribution in [-0.4, -0.2) is 0 Å². The second kappa shape index (κ2) is 11.3. The summed E-state index contributed by atoms with van der Waals surface area (Å²) < 4.78 is 0. The minimum Gasteiger partial charge on any atom is -0.198 e. The van der Waals surface area contributed by atoms with Crippen molar-refractivity contribution < 1.29 is 0 Å². The van der Waals surface area contributed by atoms with Gasteiger partial charge in [-0.15, -0.1) is 0 Å². The molecule has 1 nitrogen and oxygen atoms in total. The van der Waals surface area contributed by atoms with Crippen LogP contribution in [0.2, 0.25) is 0 Å². The fourth-order valence-corrected chi connectivity index (χ4v) is 5.57. The van der Waals surface area contributed by atoms with Gasteiger partial charge in [0.15, 0.2) is 0 Å². The van der Waals surface area contributed by atoms with Gasteiger partial charge in [0.2, 0.25) is 0 Å². The van der Waals surface area contributed by atoms with E-state index >= 15 is 0 Å². The van der Waals surface area contributed by atoms with Crippen molar-refractivity contribution >= 4 is 0 Å². The van der Waals surface area contributed by atoms with Gasteiger partial charge in [-0.3, -0.25) is 0 Å². The summed E-state index contributed by atoms with van der Waals surface area (Å²) in [5, 5.41) is 9.83. The maximum Gasteiger partial charge on any atom is 0.0689 e. The zero-order valence-electron chi connectivity index (χ0n) is 17.2. The molecular weight excluding hydrogens is 302 g/mol. The molecule has 144 valence electrons. The Kier molecular flexibility index (Phi) is 9.36. The lowest BCUT2D eigenvalue weighted by atomic mass is 9.63. The predicted molar refractivity (Wildman–Crippen MR) is 108 cm³/mol. The number of hydrogen-bond acceptors (Lipinski definition) is 1. The molecule has 0 bridgehead atoms. The lowest BCUT2D eigenvalue weighted by Gasteiger charge is -2.40. The molecule has 2 aliphatic rings. The van der Waals surface area contributed by atoms with Crippen molar-refractivity contribution in [3.8, 4) is 6.07 Å². The molecule has 1 heteroatoms. The molecule has 2 rings (SSSR count). The molecule has 0 aliphatic heterocycles. The summed E-state index contributed by atoms with van der Waals surface area (Å²) >= 11 is 0. The third-order valence-corrected chi connectivity index (χ3v) is 7.62. The van der Waals surface area contributed by atoms with Gasteiger partial charge in [-0.1, -0.05) is 78.1 Å². The molecule has 0 amide bonds. The van der Waals surface area contributed by atoms with Gasteiger partial charge >= 0.3 is 0 Å². The Morgan fingerprint density at radius 1 is 0.760 bits per heavy atom. The van der Waals surface area contributed by atoms with E-state index in [-0.39, 0.29) is 5.41 Å². The van der Waals surface area contributed by atoms with Gasteiger partial charge in [-0.05, 0) is 62.7 Å². The molecule has 0 unspecified atom stereocenters. The maximum atomic E-state index is 9.83. The number of nitrogens with zero attached hydrogens (tertiary/aromatic N) is 1. The number of unbranched alkanes of at least 4 members (excludes halogenated alkanes) is 6. The highest BCUT2D eigenvalue weighted by Crippen LogP contribution is 2.47. The van der Waals surface area contributed by atoms with Crippen LogP contribution < -0.4 is 0 Å². The molecule has 2 saturated carbocycles. The Labute approximate surface area is 158 Å². The molecule has 0 aromatic heterocycles. The second-order valence-corrected chi connectivity index (χ2v) is 9.29. The van der Waals surface area contributed by atoms with Crippen LogP contribution in [-0.2, 0) is 0 Å². The Morgan fingerprint density at radius 2 is 1.32 bits per heavy atom. The molecule has 0 heterocycles. The average Bonchev–Trinajstić information content (AvgIpc) is 2.68. The zero-order valence-corrected chi connectivity index (χ0v) is 17.2. The Bertz CT molecular complexity index is 377. The summed E-state index contributed by atoms with van der Waals surface area (Å²) in [6.45, 7) is 4.64. The largest absolute Gasteiger partial charge is 0.198 e. The van der Waals surface area contributed by atoms with Gasteiger partial charge in [0, 0.05) is 0 Å². The van der Waals surface area contributed by atoms with E-state index < -0.39 is 0 Å². The molecule has 0 radical (unpaired) electrons. The molecule has 0 saturated heterocycles. The Hall–Kier alpha value is -0.510. The second-order valence-electron chi connectivity index (χ2n) is 9.29. The smallest absolute Gasteiger partial charge is 0.0689 e. The van der Waals surface area contributed by atoms with Gasteiger partial charge < -0.3 is 0 Å². The molecule has 0 aromatic rings. The highest BCUT2D eigenvalue weighted by atomic mass is 14.4. The SMILES string of the molecule is CCCCCCCCCC1(C#N)CCC(C2CCC(CC)CC2)CC1. The average molecular weight is 346 g/mol. The van der Waals surface area contributed by atoms with Crippen molar-refractivity contribution in [2.24, 2.45) is 23.2 Å². The van der Waals surface area contributed by atoms with Crippen molar-refractivity contribution in [2.75, 3.05) is 0 Å². The van der Waals surface area contributed by atoms with Crippen LogP contribution in [0.3, 0.4) is 0 Å². The van der Waals surface area contributed by atoms with Crippen LogP contribution in [0.15, 0.2) is 0 Å². The van der Waals surface area contributed by atoms with E-state index in [9.17, 15) is 5.26 Å². The molecule has 2 aliphatic carbocycles. The van der Waals surface area contributed by atoms with Crippen molar-refractivity contribution in [1.82, 2.24) is 0 Å². The molecule has 0 N–H and O–H groups in total. The van der Waals surface area contributed by atoms with Crippen molar-refractivity contribution in [3.05, 3.63) is 0 Å². The van der Waals surface area contributed by atoms with Gasteiger partial charge in [0.1, 0.15) is 0 Å². The normalized spacial score (nSPS) is 33.1. The van der Waals surface area contributed by atoms with Crippen molar-refractivity contribution in [2.45, 2.75) is 123 Å². The van der Waals surface area contributed by atoms with E-state index in [2.05, 4.69) is 19.9 Å². The van der Waals surface area contributed by atoms with E-state index in [0.717, 1.165) is 17.8 Å². The Balaban J connectivity index is 1.65. The summed E-state index contributed by atoms with van der Waals surface area (Å²) in [4.78, 5) is 0. The predicted octanol–water partition coefficient (Wildman–Crippen LogP) is 8.04. The summed E-state index contributed by atoms with van der Waals surface area (Å²) in [5.74, 6) is 2.93. The monoisotopic (exact) mass is 345 g/mol. The van der Waals surface area contributed by atoms with Crippen LogP contribution in [0.1, 0.15) is 123 Å². The van der Waals surface area contributed by atoms with Gasteiger partial charge in [0.05, 0.1) is 11.5 Å². The van der Waals surface area contributed by atoms with Crippen LogP contribution >= 0.6 is 0 Å². The Morgan fingerprint density at radius 3 is 1.88 bits per heavy atom. The molecule has 2 fully saturated rings. The van der Waals surface area contributed by atoms with E-state index in [1.807, 2.05) is 0 Å². The molecule has 0 atom stereocenters. The van der Waals surface area contributed by atoms with Gasteiger partial charge in [0.25, 0.3) is 0 Å². The van der Waals surface area contributed by atoms with Crippen molar-refractivity contribution in [1.29, 1.82) is 5.26 Å². The minimum atomic E-state index is 0.0422. The molecule has 0 spiro atoms. The lowest BCUT2D eigenvalue weighted by Crippen LogP contribution is -2.31. The number of rotatable bonds is 10. The van der Waals surface area contributed by atoms with E-state index in [1.54, 1.807) is 0 Å². The van der Waals surface area contributed by atoms with E-state index in [0.29, 0.717) is 0 Å². The fourth-order valence-electron chi connectivity index (χ4n) is 5.57. The zero-order chi connectivity index (χ0) is 18.0. The first kappa shape index (κ1) is 20.8. The third kappa shape index (κ3) is 6.62. The van der Waals surface area contributed by atoms with Crippen LogP contribution in [0, 0.1) is 34.5 Å². The number of hydrogen-bond donors (Lipinski definition) is 0. The first-order valence-electron chi connectivity index (χ1n) is 11.6. The summed E-state index contributed by atoms with van der Waals surface area (Å²) in [7, 11) is 0. The molecule has 25 heavy (non-hydrogen) atoms. The quantitative estimate of drug-likeness (QED) is 0.367. The highest BCUT2D eigenvalue weighted by molar-refractivity contribution is 5.02. The topological polar surface area (TPSA) is 23.8 Å². The standard InChI is InChI=1S/C24H43N/c1-3-5-6-7-8-9-10-17-24(20-25)18-15-23(16-19-24)22-13-11-21(4-2)12-14-22/h21-23H,3-19H2,1-2H3. The third-order valence-electron chi connectivity index (χ3n) is 7.62. The maximum absolute atomic E-state index is 9.83. The minimum absolute atomic E-state index is 0.0422. The fraction of sp³-hybridized carbons (Fsp3) is 0.958. The highest BCUT2D eigenvalue weighted by Gasteiger charge is 2.38. The van der Waals surface area contributed by atoms with Crippen LogP contribution in [0.25, 0.3) is 0 Å². The van der Waals surface area contributed by atoms with E-state index in [4.69, 9.17) is 0 Å². The summed E-state index contributed by atoms with van der Waals surface area (Å²) in [6.07, 6.45) is 23.0. The van der Waals surface area contributed by atoms with Gasteiger partial charge in [-0.2, -0.15) is 5.26 Å². The number of nitriles is 1. The summed E-state index contributed by atoms with van der Waals surface area (Å²) in [5.41, 5.74) is 0.0422. The van der Waals surface area contributed by atoms with Crippen LogP contribution in [0.4, 0.5) is 0 Å². The van der Waals surface area contributed by atoms with Gasteiger partial charge in [-0.25, -0.2) is 0 Å². The van der Waals surface area contributed by atoms with Crippen molar-refractivity contribution in [3.63, 3.8) is 0 Å². The molecular formula is C24H43N. The first-order chi connectivity index (χ1) is 12.2. The first-order valence-corrected chi connectivity index (χ1v) is 11.6.